The van der Waals surface area contributed by atoms with Crippen LogP contribution >= 0.6 is 0 Å². The van der Waals surface area contributed by atoms with E-state index in [-0.39, 0.29) is 5.78 Å². The lowest BCUT2D eigenvalue weighted by atomic mass is 10.0. The molecule has 1 aliphatic rings. The molecule has 2 rings (SSSR count). The fourth-order valence-electron chi connectivity index (χ4n) is 1.88. The Balaban J connectivity index is 2.20. The number of ketones is 1. The van der Waals surface area contributed by atoms with Gasteiger partial charge in [-0.15, -0.1) is 0 Å². The lowest BCUT2D eigenvalue weighted by Crippen LogP contribution is -2.36. The largest absolute Gasteiger partial charge is 0.480 e. The minimum absolute atomic E-state index is 0.0388. The molecule has 0 atom stereocenters. The van der Waals surface area contributed by atoms with Crippen molar-refractivity contribution in [3.05, 3.63) is 29.3 Å². The highest BCUT2D eigenvalue weighted by Crippen LogP contribution is 2.24. The first-order valence-electron chi connectivity index (χ1n) is 6.01. The van der Waals surface area contributed by atoms with Crippen LogP contribution in [-0.2, 0) is 17.8 Å². The van der Waals surface area contributed by atoms with Crippen molar-refractivity contribution in [3.8, 4) is 5.75 Å². The normalized spacial score (nSPS) is 15.2. The van der Waals surface area contributed by atoms with E-state index in [0.29, 0.717) is 0 Å². The minimum atomic E-state index is -0.749. The second-order valence-electron chi connectivity index (χ2n) is 5.03. The Morgan fingerprint density at radius 1 is 1.35 bits per heavy atom. The fourth-order valence-corrected chi connectivity index (χ4v) is 1.88. The molecule has 0 radical (unpaired) electrons. The number of hydrogen-bond acceptors (Lipinski definition) is 3. The third-order valence-corrected chi connectivity index (χ3v) is 3.29. The van der Waals surface area contributed by atoms with E-state index in [2.05, 4.69) is 17.4 Å². The Morgan fingerprint density at radius 2 is 2.12 bits per heavy atom. The number of Topliss-reactive ketones (excluding diaryl/α,β-unsaturated/α-hetero) is 1. The number of hydrogen-bond donors (Lipinski definition) is 1. The third kappa shape index (κ3) is 2.67. The lowest BCUT2D eigenvalue weighted by Gasteiger charge is -2.25. The quantitative estimate of drug-likeness (QED) is 0.868. The Hall–Kier alpha value is -1.35. The van der Waals surface area contributed by atoms with E-state index >= 15 is 0 Å². The monoisotopic (exact) mass is 233 g/mol. The van der Waals surface area contributed by atoms with Gasteiger partial charge in [0.1, 0.15) is 5.75 Å². The van der Waals surface area contributed by atoms with Gasteiger partial charge in [-0.3, -0.25) is 4.79 Å². The van der Waals surface area contributed by atoms with E-state index in [0.717, 1.165) is 25.3 Å². The van der Waals surface area contributed by atoms with Gasteiger partial charge in [0.05, 0.1) is 0 Å². The molecule has 0 saturated heterocycles. The van der Waals surface area contributed by atoms with E-state index < -0.39 is 5.60 Å². The zero-order chi connectivity index (χ0) is 12.5. The number of carbonyl (C=O) groups is 1. The molecule has 1 aromatic carbocycles. The van der Waals surface area contributed by atoms with Gasteiger partial charge >= 0.3 is 0 Å². The van der Waals surface area contributed by atoms with Crippen molar-refractivity contribution in [2.45, 2.75) is 39.3 Å². The van der Waals surface area contributed by atoms with Crippen LogP contribution in [0.5, 0.6) is 5.75 Å². The molecule has 0 aromatic heterocycles. The highest BCUT2D eigenvalue weighted by molar-refractivity contribution is 5.84. The molecule has 0 aliphatic carbocycles. The first kappa shape index (κ1) is 12.1. The standard InChI is InChI=1S/C14H19NO2/c1-10(16)14(2,3)17-13-5-4-12-9-15-7-6-11(12)8-13/h4-5,8,15H,6-7,9H2,1-3H3. The van der Waals surface area contributed by atoms with Crippen LogP contribution in [0.1, 0.15) is 31.9 Å². The third-order valence-electron chi connectivity index (χ3n) is 3.29. The Labute approximate surface area is 102 Å². The summed E-state index contributed by atoms with van der Waals surface area (Å²) in [5.74, 6) is 0.822. The van der Waals surface area contributed by atoms with E-state index in [9.17, 15) is 4.79 Å². The fraction of sp³-hybridized carbons (Fsp3) is 0.500. The zero-order valence-electron chi connectivity index (χ0n) is 10.7. The number of fused-ring (bicyclic) bond motifs is 1. The second kappa shape index (κ2) is 4.49. The summed E-state index contributed by atoms with van der Waals surface area (Å²) in [5.41, 5.74) is 1.89. The predicted molar refractivity (Wildman–Crippen MR) is 67.2 cm³/mol. The smallest absolute Gasteiger partial charge is 0.172 e. The highest BCUT2D eigenvalue weighted by atomic mass is 16.5. The minimum Gasteiger partial charge on any atom is -0.480 e. The van der Waals surface area contributed by atoms with E-state index in [4.69, 9.17) is 4.74 Å². The number of benzene rings is 1. The van der Waals surface area contributed by atoms with Gasteiger partial charge in [-0.05, 0) is 57.0 Å². The Morgan fingerprint density at radius 3 is 2.82 bits per heavy atom. The number of ether oxygens (including phenoxy) is 1. The van der Waals surface area contributed by atoms with Crippen molar-refractivity contribution in [1.82, 2.24) is 5.32 Å². The van der Waals surface area contributed by atoms with Crippen LogP contribution in [-0.4, -0.2) is 17.9 Å². The SMILES string of the molecule is CC(=O)C(C)(C)Oc1ccc2c(c1)CCNC2. The Kier molecular flexibility index (Phi) is 3.20. The van der Waals surface area contributed by atoms with Gasteiger partial charge in [-0.1, -0.05) is 6.07 Å². The summed E-state index contributed by atoms with van der Waals surface area (Å²) in [6.07, 6.45) is 1.02. The molecule has 1 aromatic rings. The van der Waals surface area contributed by atoms with Crippen molar-refractivity contribution >= 4 is 5.78 Å². The Bertz CT molecular complexity index is 438. The topological polar surface area (TPSA) is 38.3 Å². The van der Waals surface area contributed by atoms with Crippen molar-refractivity contribution < 1.29 is 9.53 Å². The highest BCUT2D eigenvalue weighted by Gasteiger charge is 2.26. The van der Waals surface area contributed by atoms with Crippen LogP contribution in [0.4, 0.5) is 0 Å². The van der Waals surface area contributed by atoms with Gasteiger partial charge in [0, 0.05) is 6.54 Å². The molecule has 17 heavy (non-hydrogen) atoms. The van der Waals surface area contributed by atoms with Gasteiger partial charge in [0.25, 0.3) is 0 Å². The van der Waals surface area contributed by atoms with Gasteiger partial charge < -0.3 is 10.1 Å². The summed E-state index contributed by atoms with van der Waals surface area (Å²) < 4.78 is 5.76. The molecule has 3 nitrogen and oxygen atoms in total. The average molecular weight is 233 g/mol. The van der Waals surface area contributed by atoms with Gasteiger partial charge in [-0.25, -0.2) is 0 Å². The van der Waals surface area contributed by atoms with Crippen LogP contribution in [0.25, 0.3) is 0 Å². The van der Waals surface area contributed by atoms with Crippen molar-refractivity contribution in [3.63, 3.8) is 0 Å². The molecule has 0 fully saturated rings. The number of nitrogens with one attached hydrogen (secondary N) is 1. The molecule has 0 unspecified atom stereocenters. The van der Waals surface area contributed by atoms with Gasteiger partial charge in [0.15, 0.2) is 11.4 Å². The molecular formula is C14H19NO2. The van der Waals surface area contributed by atoms with Crippen molar-refractivity contribution in [2.75, 3.05) is 6.54 Å². The molecule has 0 saturated carbocycles. The molecule has 1 N–H and O–H groups in total. The van der Waals surface area contributed by atoms with E-state index in [1.54, 1.807) is 20.8 Å². The lowest BCUT2D eigenvalue weighted by molar-refractivity contribution is -0.129. The maximum absolute atomic E-state index is 11.4. The van der Waals surface area contributed by atoms with E-state index in [1.165, 1.54) is 11.1 Å². The summed E-state index contributed by atoms with van der Waals surface area (Å²) in [4.78, 5) is 11.4. The van der Waals surface area contributed by atoms with Crippen molar-refractivity contribution in [2.24, 2.45) is 0 Å². The zero-order valence-corrected chi connectivity index (χ0v) is 10.7. The van der Waals surface area contributed by atoms with Crippen LogP contribution < -0.4 is 10.1 Å². The molecule has 3 heteroatoms. The molecular weight excluding hydrogens is 214 g/mol. The molecule has 1 heterocycles. The maximum atomic E-state index is 11.4. The van der Waals surface area contributed by atoms with Gasteiger partial charge in [-0.2, -0.15) is 0 Å². The average Bonchev–Trinajstić information content (AvgIpc) is 2.28. The summed E-state index contributed by atoms with van der Waals surface area (Å²) in [5, 5.41) is 3.33. The van der Waals surface area contributed by atoms with E-state index in [1.807, 2.05) is 6.07 Å². The second-order valence-corrected chi connectivity index (χ2v) is 5.03. The first-order valence-corrected chi connectivity index (χ1v) is 6.01. The van der Waals surface area contributed by atoms with Crippen LogP contribution in [0.2, 0.25) is 0 Å². The molecule has 0 amide bonds. The van der Waals surface area contributed by atoms with Crippen LogP contribution in [0, 0.1) is 0 Å². The molecule has 92 valence electrons. The summed E-state index contributed by atoms with van der Waals surface area (Å²) in [7, 11) is 0. The van der Waals surface area contributed by atoms with Crippen LogP contribution in [0.15, 0.2) is 18.2 Å². The number of rotatable bonds is 3. The van der Waals surface area contributed by atoms with Crippen LogP contribution in [0.3, 0.4) is 0 Å². The summed E-state index contributed by atoms with van der Waals surface area (Å²) >= 11 is 0. The molecule has 0 bridgehead atoms. The first-order chi connectivity index (χ1) is 7.99. The molecule has 0 spiro atoms. The summed E-state index contributed by atoms with van der Waals surface area (Å²) in [6, 6.07) is 6.07. The summed E-state index contributed by atoms with van der Waals surface area (Å²) in [6.45, 7) is 7.09. The molecule has 1 aliphatic heterocycles. The maximum Gasteiger partial charge on any atom is 0.172 e. The van der Waals surface area contributed by atoms with Crippen molar-refractivity contribution in [1.29, 1.82) is 0 Å². The predicted octanol–water partition coefficient (Wildman–Crippen LogP) is 2.08. The van der Waals surface area contributed by atoms with Gasteiger partial charge in [0.2, 0.25) is 0 Å². The number of carbonyl (C=O) groups excluding carboxylic acids is 1.